The Labute approximate surface area is 146 Å². The molecule has 92 valence electrons. The van der Waals surface area contributed by atoms with E-state index in [1.165, 1.54) is 4.90 Å². The predicted molar refractivity (Wildman–Crippen MR) is 60.5 cm³/mol. The van der Waals surface area contributed by atoms with Gasteiger partial charge in [-0.25, -0.2) is 0 Å². The molecule has 0 atom stereocenters. The number of hydrogen-bond donors (Lipinski definition) is 0. The Hall–Kier alpha value is 0.316. The van der Waals surface area contributed by atoms with Gasteiger partial charge in [-0.1, -0.05) is 25.5 Å². The molecule has 0 bridgehead atoms. The van der Waals surface area contributed by atoms with Crippen LogP contribution in [0.15, 0.2) is 12.2 Å². The van der Waals surface area contributed by atoms with Crippen molar-refractivity contribution in [1.82, 2.24) is 4.90 Å². The quantitative estimate of drug-likeness (QED) is 0.367. The van der Waals surface area contributed by atoms with Crippen molar-refractivity contribution in [1.29, 1.82) is 0 Å². The van der Waals surface area contributed by atoms with Crippen LogP contribution >= 0.6 is 0 Å². The summed E-state index contributed by atoms with van der Waals surface area (Å²) in [5, 5.41) is 10.2. The van der Waals surface area contributed by atoms with Crippen LogP contribution in [-0.4, -0.2) is 30.4 Å². The van der Waals surface area contributed by atoms with Crippen LogP contribution < -0.4 is 56.5 Å². The molecule has 0 N–H and O–H groups in total. The van der Waals surface area contributed by atoms with Crippen molar-refractivity contribution in [3.05, 3.63) is 12.2 Å². The predicted octanol–water partition coefficient (Wildman–Crippen LogP) is -2.27. The van der Waals surface area contributed by atoms with Crippen LogP contribution in [0, 0.1) is 0 Å². The van der Waals surface area contributed by atoms with Gasteiger partial charge >= 0.3 is 51.4 Å². The number of unbranched alkanes of at least 4 members (excludes halogenated alkanes) is 1. The Morgan fingerprint density at radius 1 is 1.18 bits per heavy atom. The van der Waals surface area contributed by atoms with Crippen molar-refractivity contribution in [2.45, 2.75) is 39.0 Å². The minimum Gasteiger partial charge on any atom is -0.550 e. The minimum atomic E-state index is -1.12. The zero-order valence-electron chi connectivity index (χ0n) is 11.1. The Kier molecular flexibility index (Phi) is 14.8. The molecule has 0 aliphatic heterocycles. The maximum atomic E-state index is 11.5. The van der Waals surface area contributed by atoms with E-state index in [1.807, 2.05) is 6.08 Å². The minimum absolute atomic E-state index is 0. The van der Waals surface area contributed by atoms with E-state index in [0.717, 1.165) is 12.8 Å². The number of carboxylic acids is 1. The summed E-state index contributed by atoms with van der Waals surface area (Å²) in [5.74, 6) is -1.15. The van der Waals surface area contributed by atoms with Crippen LogP contribution in [0.2, 0.25) is 0 Å². The van der Waals surface area contributed by atoms with E-state index in [2.05, 4.69) is 13.0 Å². The van der Waals surface area contributed by atoms with Crippen LogP contribution in [0.5, 0.6) is 0 Å². The van der Waals surface area contributed by atoms with Crippen molar-refractivity contribution in [3.63, 3.8) is 0 Å². The third-order valence-corrected chi connectivity index (χ3v) is 2.22. The molecule has 0 radical (unpaired) electrons. The third-order valence-electron chi connectivity index (χ3n) is 2.22. The first kappa shape index (κ1) is 19.7. The number of rotatable bonds is 8. The number of allylic oxidation sites excluding steroid dienone is 2. The Balaban J connectivity index is 0. The van der Waals surface area contributed by atoms with E-state index in [4.69, 9.17) is 0 Å². The molecule has 0 aromatic heterocycles. The number of aliphatic carboxylic acids is 1. The van der Waals surface area contributed by atoms with Gasteiger partial charge in [0.05, 0.1) is 0 Å². The molecule has 17 heavy (non-hydrogen) atoms. The second-order valence-corrected chi connectivity index (χ2v) is 3.74. The average Bonchev–Trinajstić information content (AvgIpc) is 2.25. The van der Waals surface area contributed by atoms with Gasteiger partial charge in [0.25, 0.3) is 0 Å². The van der Waals surface area contributed by atoms with E-state index in [1.54, 1.807) is 7.05 Å². The molecule has 0 aromatic rings. The van der Waals surface area contributed by atoms with Crippen LogP contribution in [0.25, 0.3) is 0 Å². The van der Waals surface area contributed by atoms with Gasteiger partial charge in [-0.05, 0) is 12.8 Å². The van der Waals surface area contributed by atoms with Crippen LogP contribution in [0.4, 0.5) is 0 Å². The number of nitrogens with zero attached hydrogens (tertiary/aromatic N) is 1. The SMILES string of the molecule is CCC/C=C/CCC(=O)N(C)CCC(=O)[O-].[K+]. The molecule has 0 aliphatic carbocycles. The van der Waals surface area contributed by atoms with E-state index < -0.39 is 5.97 Å². The first-order valence-corrected chi connectivity index (χ1v) is 5.66. The summed E-state index contributed by atoms with van der Waals surface area (Å²) in [4.78, 5) is 23.1. The van der Waals surface area contributed by atoms with Crippen LogP contribution in [0.3, 0.4) is 0 Å². The molecule has 0 spiro atoms. The van der Waals surface area contributed by atoms with Gasteiger partial charge in [-0.15, -0.1) is 0 Å². The molecule has 0 saturated heterocycles. The van der Waals surface area contributed by atoms with Crippen molar-refractivity contribution in [3.8, 4) is 0 Å². The fourth-order valence-corrected chi connectivity index (χ4v) is 1.18. The van der Waals surface area contributed by atoms with Crippen molar-refractivity contribution >= 4 is 11.9 Å². The first-order valence-electron chi connectivity index (χ1n) is 5.66. The van der Waals surface area contributed by atoms with Crippen LogP contribution in [-0.2, 0) is 9.59 Å². The second-order valence-electron chi connectivity index (χ2n) is 3.74. The molecular formula is C12H20KNO3. The maximum Gasteiger partial charge on any atom is 1.00 e. The summed E-state index contributed by atoms with van der Waals surface area (Å²) in [6, 6.07) is 0. The van der Waals surface area contributed by atoms with Gasteiger partial charge in [0.2, 0.25) is 5.91 Å². The molecule has 0 unspecified atom stereocenters. The maximum absolute atomic E-state index is 11.5. The molecule has 0 rings (SSSR count). The van der Waals surface area contributed by atoms with Gasteiger partial charge in [-0.2, -0.15) is 0 Å². The molecule has 0 aliphatic rings. The average molecular weight is 265 g/mol. The Morgan fingerprint density at radius 3 is 2.29 bits per heavy atom. The van der Waals surface area contributed by atoms with Crippen molar-refractivity contribution in [2.75, 3.05) is 13.6 Å². The van der Waals surface area contributed by atoms with Gasteiger partial charge in [0.15, 0.2) is 0 Å². The zero-order valence-corrected chi connectivity index (χ0v) is 14.2. The number of carbonyl (C=O) groups excluding carboxylic acids is 2. The molecule has 0 heterocycles. The van der Waals surface area contributed by atoms with E-state index in [0.29, 0.717) is 12.8 Å². The number of amides is 1. The first-order chi connectivity index (χ1) is 7.57. The summed E-state index contributed by atoms with van der Waals surface area (Å²) in [5.41, 5.74) is 0. The Bertz CT molecular complexity index is 254. The van der Waals surface area contributed by atoms with Crippen molar-refractivity contribution in [2.24, 2.45) is 0 Å². The smallest absolute Gasteiger partial charge is 0.550 e. The van der Waals surface area contributed by atoms with Gasteiger partial charge in [0, 0.05) is 32.4 Å². The molecule has 0 aromatic carbocycles. The standard InChI is InChI=1S/C12H21NO3.K/c1-3-4-5-6-7-8-11(14)13(2)10-9-12(15)16;/h5-6H,3-4,7-10H2,1-2H3,(H,15,16);/q;+1/p-1/b6-5+;. The fraction of sp³-hybridized carbons (Fsp3) is 0.667. The monoisotopic (exact) mass is 265 g/mol. The molecular weight excluding hydrogens is 245 g/mol. The molecule has 1 amide bonds. The van der Waals surface area contributed by atoms with Crippen LogP contribution in [0.1, 0.15) is 39.0 Å². The zero-order chi connectivity index (χ0) is 12.4. The third kappa shape index (κ3) is 12.6. The number of carbonyl (C=O) groups is 2. The van der Waals surface area contributed by atoms with E-state index in [9.17, 15) is 14.7 Å². The largest absolute Gasteiger partial charge is 1.00 e. The summed E-state index contributed by atoms with van der Waals surface area (Å²) >= 11 is 0. The topological polar surface area (TPSA) is 60.4 Å². The summed E-state index contributed by atoms with van der Waals surface area (Å²) in [6.07, 6.45) is 7.25. The van der Waals surface area contributed by atoms with Gasteiger partial charge in [0.1, 0.15) is 0 Å². The molecule has 0 fully saturated rings. The Morgan fingerprint density at radius 2 is 1.76 bits per heavy atom. The van der Waals surface area contributed by atoms with E-state index in [-0.39, 0.29) is 70.3 Å². The molecule has 4 nitrogen and oxygen atoms in total. The van der Waals surface area contributed by atoms with E-state index >= 15 is 0 Å². The van der Waals surface area contributed by atoms with Crippen molar-refractivity contribution < 1.29 is 66.1 Å². The molecule has 0 saturated carbocycles. The summed E-state index contributed by atoms with van der Waals surface area (Å²) in [6.45, 7) is 2.32. The normalized spacial score (nSPS) is 10.0. The number of carboxylic acid groups (broad SMARTS) is 1. The molecule has 5 heteroatoms. The summed E-state index contributed by atoms with van der Waals surface area (Å²) < 4.78 is 0. The van der Waals surface area contributed by atoms with Gasteiger partial charge < -0.3 is 14.8 Å². The second kappa shape index (κ2) is 12.8. The summed E-state index contributed by atoms with van der Waals surface area (Å²) in [7, 11) is 1.61. The van der Waals surface area contributed by atoms with Gasteiger partial charge in [-0.3, -0.25) is 4.79 Å². The fourth-order valence-electron chi connectivity index (χ4n) is 1.18. The number of hydrogen-bond acceptors (Lipinski definition) is 3.